The smallest absolute Gasteiger partial charge is 0.424 e. The van der Waals surface area contributed by atoms with E-state index in [9.17, 15) is 35.1 Å². The van der Waals surface area contributed by atoms with Gasteiger partial charge < -0.3 is 14.2 Å². The van der Waals surface area contributed by atoms with E-state index in [2.05, 4.69) is 4.74 Å². The summed E-state index contributed by atoms with van der Waals surface area (Å²) in [7, 11) is 1.60. The van der Waals surface area contributed by atoms with E-state index in [0.717, 1.165) is 51.4 Å². The molecular weight excluding hydrogens is 500 g/mol. The van der Waals surface area contributed by atoms with Crippen LogP contribution < -0.4 is 4.74 Å². The highest BCUT2D eigenvalue weighted by atomic mass is 19.4. The van der Waals surface area contributed by atoms with Crippen molar-refractivity contribution < 1.29 is 49.3 Å². The topological polar surface area (TPSA) is 27.7 Å². The molecule has 2 fully saturated rings. The van der Waals surface area contributed by atoms with Crippen LogP contribution in [-0.4, -0.2) is 38.5 Å². The molecule has 1 unspecified atom stereocenters. The predicted octanol–water partition coefficient (Wildman–Crippen LogP) is 7.84. The van der Waals surface area contributed by atoms with Crippen molar-refractivity contribution in [1.29, 1.82) is 0 Å². The van der Waals surface area contributed by atoms with E-state index < -0.39 is 35.8 Å². The third-order valence-electron chi connectivity index (χ3n) is 7.03. The van der Waals surface area contributed by atoms with Crippen molar-refractivity contribution in [1.82, 2.24) is 0 Å². The molecular formula is C25H30F8O3. The Balaban J connectivity index is 1.52. The van der Waals surface area contributed by atoms with Crippen molar-refractivity contribution in [3.05, 3.63) is 35.4 Å². The van der Waals surface area contributed by atoms with Crippen molar-refractivity contribution in [3.63, 3.8) is 0 Å². The fourth-order valence-corrected chi connectivity index (χ4v) is 5.10. The number of hydrogen-bond acceptors (Lipinski definition) is 3. The van der Waals surface area contributed by atoms with Gasteiger partial charge in [0.15, 0.2) is 17.4 Å². The van der Waals surface area contributed by atoms with Crippen LogP contribution in [-0.2, 0) is 9.47 Å². The van der Waals surface area contributed by atoms with Crippen LogP contribution in [0.1, 0.15) is 56.9 Å². The Morgan fingerprint density at radius 3 is 1.92 bits per heavy atom. The lowest BCUT2D eigenvalue weighted by Crippen LogP contribution is -2.46. The molecule has 0 spiro atoms. The number of allylic oxidation sites excluding steroid dienone is 1. The molecule has 11 heteroatoms. The Hall–Kier alpha value is -1.88. The summed E-state index contributed by atoms with van der Waals surface area (Å²) in [6, 6.07) is 1.31. The van der Waals surface area contributed by atoms with Gasteiger partial charge in [-0.2, -0.15) is 22.0 Å². The predicted molar refractivity (Wildman–Crippen MR) is 116 cm³/mol. The normalized spacial score (nSPS) is 26.8. The van der Waals surface area contributed by atoms with E-state index in [4.69, 9.17) is 9.47 Å². The SMILES string of the molecule is COCOC1CCC(C2CCC(C=Cc3cc(F)c(OC(F)(F)C(F)C(F)(F)F)c(F)c3)CC2)CC1. The molecule has 2 aliphatic carbocycles. The Bertz CT molecular complexity index is 850. The van der Waals surface area contributed by atoms with Gasteiger partial charge in [0.05, 0.1) is 6.10 Å². The van der Waals surface area contributed by atoms with Crippen LogP contribution in [0.3, 0.4) is 0 Å². The summed E-state index contributed by atoms with van der Waals surface area (Å²) in [5, 5.41) is 0. The number of rotatable bonds is 9. The van der Waals surface area contributed by atoms with Crippen LogP contribution in [0, 0.1) is 29.4 Å². The zero-order valence-electron chi connectivity index (χ0n) is 19.8. The molecule has 0 radical (unpaired) electrons. The molecule has 1 aromatic carbocycles. The fraction of sp³-hybridized carbons (Fsp3) is 0.680. The van der Waals surface area contributed by atoms with Gasteiger partial charge in [0.25, 0.3) is 6.17 Å². The quantitative estimate of drug-likeness (QED) is 0.241. The van der Waals surface area contributed by atoms with Crippen LogP contribution >= 0.6 is 0 Å². The van der Waals surface area contributed by atoms with E-state index in [-0.39, 0.29) is 17.6 Å². The largest absolute Gasteiger partial charge is 0.439 e. The van der Waals surface area contributed by atoms with Crippen molar-refractivity contribution >= 4 is 6.08 Å². The molecule has 0 heterocycles. The lowest BCUT2D eigenvalue weighted by Gasteiger charge is -2.37. The maximum absolute atomic E-state index is 14.2. The first kappa shape index (κ1) is 28.7. The Labute approximate surface area is 204 Å². The molecule has 2 aliphatic rings. The van der Waals surface area contributed by atoms with E-state index in [1.165, 1.54) is 6.08 Å². The Morgan fingerprint density at radius 1 is 0.889 bits per heavy atom. The third kappa shape index (κ3) is 7.57. The molecule has 1 aromatic rings. The number of halogens is 8. The average Bonchev–Trinajstić information content (AvgIpc) is 2.83. The molecule has 0 amide bonds. The standard InChI is InChI=1S/C25H30F8O3/c1-34-14-35-19-10-8-18(9-11-19)17-6-4-15(5-7-17)2-3-16-12-20(26)22(21(27)13-16)36-25(32,33)23(28)24(29,30)31/h2-3,12-13,15,17-19,23H,4-11,14H2,1H3. The maximum Gasteiger partial charge on any atom is 0.439 e. The molecule has 36 heavy (non-hydrogen) atoms. The highest BCUT2D eigenvalue weighted by Crippen LogP contribution is 2.41. The molecule has 1 atom stereocenters. The first-order chi connectivity index (χ1) is 16.9. The van der Waals surface area contributed by atoms with Crippen LogP contribution in [0.4, 0.5) is 35.1 Å². The van der Waals surface area contributed by atoms with E-state index in [1.54, 1.807) is 13.2 Å². The summed E-state index contributed by atoms with van der Waals surface area (Å²) in [5.74, 6) is -3.65. The van der Waals surface area contributed by atoms with Crippen molar-refractivity contribution in [2.75, 3.05) is 13.9 Å². The second-order valence-electron chi connectivity index (χ2n) is 9.53. The summed E-state index contributed by atoms with van der Waals surface area (Å²) in [4.78, 5) is 0. The third-order valence-corrected chi connectivity index (χ3v) is 7.03. The van der Waals surface area contributed by atoms with Gasteiger partial charge in [0.1, 0.15) is 6.79 Å². The Kier molecular flexibility index (Phi) is 9.65. The summed E-state index contributed by atoms with van der Waals surface area (Å²) >= 11 is 0. The van der Waals surface area contributed by atoms with Gasteiger partial charge in [-0.05, 0) is 86.8 Å². The van der Waals surface area contributed by atoms with Crippen LogP contribution in [0.2, 0.25) is 0 Å². The van der Waals surface area contributed by atoms with Crippen molar-refractivity contribution in [2.45, 2.75) is 75.9 Å². The lowest BCUT2D eigenvalue weighted by atomic mass is 9.70. The van der Waals surface area contributed by atoms with Crippen LogP contribution in [0.25, 0.3) is 6.08 Å². The number of benzene rings is 1. The summed E-state index contributed by atoms with van der Waals surface area (Å²) in [5.41, 5.74) is -0.00945. The number of alkyl halides is 6. The molecule has 3 nitrogen and oxygen atoms in total. The zero-order valence-corrected chi connectivity index (χ0v) is 19.8. The average molecular weight is 530 g/mol. The first-order valence-electron chi connectivity index (χ1n) is 12.0. The fourth-order valence-electron chi connectivity index (χ4n) is 5.10. The maximum atomic E-state index is 14.2. The van der Waals surface area contributed by atoms with Crippen molar-refractivity contribution in [3.8, 4) is 5.75 Å². The molecule has 204 valence electrons. The van der Waals surface area contributed by atoms with Gasteiger partial charge in [-0.25, -0.2) is 13.2 Å². The second-order valence-corrected chi connectivity index (χ2v) is 9.53. The number of hydrogen-bond donors (Lipinski definition) is 0. The first-order valence-corrected chi connectivity index (χ1v) is 12.0. The van der Waals surface area contributed by atoms with Gasteiger partial charge >= 0.3 is 12.3 Å². The summed E-state index contributed by atoms with van der Waals surface area (Å²) < 4.78 is 119. The zero-order chi connectivity index (χ0) is 26.5. The minimum atomic E-state index is -5.96. The van der Waals surface area contributed by atoms with Crippen molar-refractivity contribution in [2.24, 2.45) is 17.8 Å². The molecule has 0 aliphatic heterocycles. The minimum Gasteiger partial charge on any atom is -0.424 e. The molecule has 3 rings (SSSR count). The highest BCUT2D eigenvalue weighted by Gasteiger charge is 2.59. The lowest BCUT2D eigenvalue weighted by molar-refractivity contribution is -0.306. The van der Waals surface area contributed by atoms with E-state index >= 15 is 0 Å². The monoisotopic (exact) mass is 530 g/mol. The van der Waals surface area contributed by atoms with Gasteiger partial charge in [-0.15, -0.1) is 0 Å². The van der Waals surface area contributed by atoms with E-state index in [0.29, 0.717) is 30.8 Å². The second kappa shape index (κ2) is 12.1. The van der Waals surface area contributed by atoms with E-state index in [1.807, 2.05) is 0 Å². The molecule has 0 bridgehead atoms. The molecule has 2 saturated carbocycles. The van der Waals surface area contributed by atoms with Crippen LogP contribution in [0.15, 0.2) is 18.2 Å². The molecule has 0 saturated heterocycles. The van der Waals surface area contributed by atoms with Gasteiger partial charge in [-0.3, -0.25) is 0 Å². The molecule has 0 aromatic heterocycles. The summed E-state index contributed by atoms with van der Waals surface area (Å²) in [6.45, 7) is 0.305. The molecule has 0 N–H and O–H groups in total. The summed E-state index contributed by atoms with van der Waals surface area (Å²) in [6.07, 6.45) is -4.64. The van der Waals surface area contributed by atoms with Crippen LogP contribution in [0.5, 0.6) is 5.75 Å². The van der Waals surface area contributed by atoms with Gasteiger partial charge in [0.2, 0.25) is 0 Å². The number of methoxy groups -OCH3 is 1. The van der Waals surface area contributed by atoms with Gasteiger partial charge in [-0.1, -0.05) is 12.2 Å². The Morgan fingerprint density at radius 2 is 1.42 bits per heavy atom. The van der Waals surface area contributed by atoms with Gasteiger partial charge in [0, 0.05) is 7.11 Å². The number of ether oxygens (including phenoxy) is 3. The highest BCUT2D eigenvalue weighted by molar-refractivity contribution is 5.52. The minimum absolute atomic E-state index is 0.00945.